The van der Waals surface area contributed by atoms with E-state index in [-0.39, 0.29) is 11.0 Å². The first kappa shape index (κ1) is 17.5. The molecule has 1 atom stereocenters. The molecule has 124 valence electrons. The van der Waals surface area contributed by atoms with Crippen LogP contribution in [-0.2, 0) is 14.3 Å². The van der Waals surface area contributed by atoms with E-state index in [1.807, 2.05) is 12.1 Å². The fourth-order valence-corrected chi connectivity index (χ4v) is 4.39. The van der Waals surface area contributed by atoms with Gasteiger partial charge in [-0.25, -0.2) is 0 Å². The van der Waals surface area contributed by atoms with Gasteiger partial charge >= 0.3 is 0 Å². The Morgan fingerprint density at radius 2 is 1.73 bits per heavy atom. The van der Waals surface area contributed by atoms with Gasteiger partial charge in [0.15, 0.2) is 0 Å². The van der Waals surface area contributed by atoms with Gasteiger partial charge in [-0.3, -0.25) is 4.18 Å². The second kappa shape index (κ2) is 8.11. The maximum Gasteiger partial charge on any atom is 0.297 e. The predicted molar refractivity (Wildman–Crippen MR) is 89.5 cm³/mol. The van der Waals surface area contributed by atoms with Crippen molar-refractivity contribution in [3.8, 4) is 0 Å². The normalized spacial score (nSPS) is 18.3. The van der Waals surface area contributed by atoms with Gasteiger partial charge in [-0.2, -0.15) is 8.42 Å². The molecule has 0 aromatic heterocycles. The quantitative estimate of drug-likeness (QED) is 0.662. The zero-order valence-corrected chi connectivity index (χ0v) is 14.6. The van der Waals surface area contributed by atoms with E-state index in [1.165, 1.54) is 12.0 Å². The zero-order chi connectivity index (χ0) is 16.0. The lowest BCUT2D eigenvalue weighted by molar-refractivity contribution is 0.162. The van der Waals surface area contributed by atoms with E-state index in [4.69, 9.17) is 4.18 Å². The topological polar surface area (TPSA) is 43.4 Å². The van der Waals surface area contributed by atoms with Crippen molar-refractivity contribution in [2.24, 2.45) is 0 Å². The molecule has 1 unspecified atom stereocenters. The van der Waals surface area contributed by atoms with Crippen LogP contribution in [0.3, 0.4) is 0 Å². The fraction of sp³-hybridized carbons (Fsp3) is 0.667. The average molecular weight is 324 g/mol. The molecule has 1 fully saturated rings. The van der Waals surface area contributed by atoms with Crippen molar-refractivity contribution >= 4 is 10.1 Å². The van der Waals surface area contributed by atoms with E-state index in [0.29, 0.717) is 5.92 Å². The zero-order valence-electron chi connectivity index (χ0n) is 13.8. The van der Waals surface area contributed by atoms with Gasteiger partial charge in [0, 0.05) is 0 Å². The summed E-state index contributed by atoms with van der Waals surface area (Å²) in [5.74, 6) is 0.515. The standard InChI is InChI=1S/C18H28O3S/c1-3-8-15(4-2)16-11-13-18(14-12-16)22(19,20)21-17-9-6-5-7-10-17/h11-15,17H,3-10H2,1-2H3. The largest absolute Gasteiger partial charge is 0.297 e. The fourth-order valence-electron chi connectivity index (χ4n) is 3.26. The van der Waals surface area contributed by atoms with Gasteiger partial charge in [0.05, 0.1) is 11.0 Å². The summed E-state index contributed by atoms with van der Waals surface area (Å²) in [4.78, 5) is 0.285. The summed E-state index contributed by atoms with van der Waals surface area (Å²) >= 11 is 0. The lowest BCUT2D eigenvalue weighted by Gasteiger charge is -2.21. The Bertz CT molecular complexity index is 542. The molecule has 1 saturated carbocycles. The van der Waals surface area contributed by atoms with Crippen molar-refractivity contribution in [1.29, 1.82) is 0 Å². The molecule has 0 heterocycles. The van der Waals surface area contributed by atoms with Crippen molar-refractivity contribution in [3.63, 3.8) is 0 Å². The molecule has 1 aromatic rings. The van der Waals surface area contributed by atoms with E-state index in [9.17, 15) is 8.42 Å². The first-order valence-corrected chi connectivity index (χ1v) is 10.0. The van der Waals surface area contributed by atoms with Crippen LogP contribution < -0.4 is 0 Å². The van der Waals surface area contributed by atoms with Crippen LogP contribution in [0.25, 0.3) is 0 Å². The Labute approximate surface area is 135 Å². The third-order valence-electron chi connectivity index (χ3n) is 4.59. The summed E-state index contributed by atoms with van der Waals surface area (Å²) in [6, 6.07) is 7.29. The molecule has 0 N–H and O–H groups in total. The summed E-state index contributed by atoms with van der Waals surface area (Å²) in [6.07, 6.45) is 8.25. The Morgan fingerprint density at radius 1 is 1.09 bits per heavy atom. The predicted octanol–water partition coefficient (Wildman–Crippen LogP) is 5.02. The molecule has 0 spiro atoms. The van der Waals surface area contributed by atoms with E-state index < -0.39 is 10.1 Å². The van der Waals surface area contributed by atoms with Gasteiger partial charge in [-0.1, -0.05) is 51.7 Å². The second-order valence-electron chi connectivity index (χ2n) is 6.27. The van der Waals surface area contributed by atoms with Crippen molar-refractivity contribution < 1.29 is 12.6 Å². The number of benzene rings is 1. The van der Waals surface area contributed by atoms with Crippen molar-refractivity contribution in [2.75, 3.05) is 0 Å². The maximum absolute atomic E-state index is 12.4. The average Bonchev–Trinajstić information content (AvgIpc) is 2.53. The van der Waals surface area contributed by atoms with E-state index in [1.54, 1.807) is 12.1 Å². The van der Waals surface area contributed by atoms with Crippen molar-refractivity contribution in [1.82, 2.24) is 0 Å². The minimum atomic E-state index is -3.62. The van der Waals surface area contributed by atoms with Crippen LogP contribution in [0.1, 0.15) is 76.7 Å². The molecule has 1 aromatic carbocycles. The van der Waals surface area contributed by atoms with E-state index >= 15 is 0 Å². The van der Waals surface area contributed by atoms with E-state index in [0.717, 1.165) is 44.9 Å². The van der Waals surface area contributed by atoms with Crippen LogP contribution in [-0.4, -0.2) is 14.5 Å². The number of hydrogen-bond donors (Lipinski definition) is 0. The first-order chi connectivity index (χ1) is 10.6. The van der Waals surface area contributed by atoms with Crippen molar-refractivity contribution in [3.05, 3.63) is 29.8 Å². The molecule has 0 bridgehead atoms. The smallest absolute Gasteiger partial charge is 0.263 e. The molecule has 0 saturated heterocycles. The molecular weight excluding hydrogens is 296 g/mol. The molecule has 22 heavy (non-hydrogen) atoms. The second-order valence-corrected chi connectivity index (χ2v) is 7.85. The van der Waals surface area contributed by atoms with Gasteiger partial charge in [-0.05, 0) is 49.3 Å². The highest BCUT2D eigenvalue weighted by atomic mass is 32.2. The Kier molecular flexibility index (Phi) is 6.45. The van der Waals surface area contributed by atoms with E-state index in [2.05, 4.69) is 13.8 Å². The Balaban J connectivity index is 2.07. The van der Waals surface area contributed by atoms with Crippen LogP contribution in [0.4, 0.5) is 0 Å². The van der Waals surface area contributed by atoms with Crippen LogP contribution in [0.5, 0.6) is 0 Å². The Morgan fingerprint density at radius 3 is 2.27 bits per heavy atom. The monoisotopic (exact) mass is 324 g/mol. The summed E-state index contributed by atoms with van der Waals surface area (Å²) in [5.41, 5.74) is 1.22. The van der Waals surface area contributed by atoms with Gasteiger partial charge in [0.1, 0.15) is 0 Å². The van der Waals surface area contributed by atoms with Crippen LogP contribution in [0.2, 0.25) is 0 Å². The first-order valence-electron chi connectivity index (χ1n) is 8.60. The molecular formula is C18H28O3S. The molecule has 0 radical (unpaired) electrons. The van der Waals surface area contributed by atoms with Gasteiger partial charge in [0.25, 0.3) is 10.1 Å². The van der Waals surface area contributed by atoms with Gasteiger partial charge in [-0.15, -0.1) is 0 Å². The molecule has 1 aliphatic carbocycles. The van der Waals surface area contributed by atoms with Crippen LogP contribution >= 0.6 is 0 Å². The third-order valence-corrected chi connectivity index (χ3v) is 5.96. The lowest BCUT2D eigenvalue weighted by atomic mass is 9.92. The highest BCUT2D eigenvalue weighted by Crippen LogP contribution is 2.28. The highest BCUT2D eigenvalue weighted by Gasteiger charge is 2.23. The lowest BCUT2D eigenvalue weighted by Crippen LogP contribution is -2.21. The summed E-state index contributed by atoms with van der Waals surface area (Å²) in [6.45, 7) is 4.36. The number of hydrogen-bond acceptors (Lipinski definition) is 3. The van der Waals surface area contributed by atoms with Gasteiger partial charge < -0.3 is 0 Å². The molecule has 0 aliphatic heterocycles. The summed E-state index contributed by atoms with van der Waals surface area (Å²) in [7, 11) is -3.62. The maximum atomic E-state index is 12.4. The third kappa shape index (κ3) is 4.56. The highest BCUT2D eigenvalue weighted by molar-refractivity contribution is 7.86. The SMILES string of the molecule is CCCC(CC)c1ccc(S(=O)(=O)OC2CCCCC2)cc1. The van der Waals surface area contributed by atoms with Crippen LogP contribution in [0, 0.1) is 0 Å². The van der Waals surface area contributed by atoms with Crippen molar-refractivity contribution in [2.45, 2.75) is 82.1 Å². The van der Waals surface area contributed by atoms with Crippen LogP contribution in [0.15, 0.2) is 29.2 Å². The molecule has 2 rings (SSSR count). The molecule has 4 heteroatoms. The molecule has 1 aliphatic rings. The minimum absolute atomic E-state index is 0.137. The summed E-state index contributed by atoms with van der Waals surface area (Å²) in [5, 5.41) is 0. The molecule has 0 amide bonds. The number of rotatable bonds is 7. The summed E-state index contributed by atoms with van der Waals surface area (Å²) < 4.78 is 30.1. The Hall–Kier alpha value is -0.870. The minimum Gasteiger partial charge on any atom is -0.263 e. The van der Waals surface area contributed by atoms with Gasteiger partial charge in [0.2, 0.25) is 0 Å². The molecule has 3 nitrogen and oxygen atoms in total.